The molecule has 1 heterocycles. The average molecular weight is 257 g/mol. The minimum atomic E-state index is -0.236. The fourth-order valence-electron chi connectivity index (χ4n) is 1.10. The second-order valence-corrected chi connectivity index (χ2v) is 5.62. The van der Waals surface area contributed by atoms with Crippen LogP contribution >= 0.6 is 11.6 Å². The number of esters is 1. The lowest BCUT2D eigenvalue weighted by Gasteiger charge is -2.26. The molecule has 1 aromatic rings. The van der Waals surface area contributed by atoms with E-state index in [2.05, 4.69) is 0 Å². The summed E-state index contributed by atoms with van der Waals surface area (Å²) in [4.78, 5) is 11.7. The maximum Gasteiger partial charge on any atom is 0.372 e. The first kappa shape index (κ1) is 14.0. The van der Waals surface area contributed by atoms with Crippen LogP contribution in [0, 0.1) is 5.41 Å². The van der Waals surface area contributed by atoms with Gasteiger partial charge in [-0.05, 0) is 12.3 Å². The highest BCUT2D eigenvalue weighted by molar-refractivity contribution is 6.30. The lowest BCUT2D eigenvalue weighted by Crippen LogP contribution is -2.40. The van der Waals surface area contributed by atoms with Crippen LogP contribution in [0.5, 0.6) is 0 Å². The second kappa shape index (κ2) is 5.50. The number of pyridine rings is 1. The molecule has 0 bridgehead atoms. The van der Waals surface area contributed by atoms with E-state index in [1.165, 1.54) is 0 Å². The molecule has 0 aliphatic carbocycles. The molecule has 1 rings (SSSR count). The van der Waals surface area contributed by atoms with Gasteiger partial charge in [0.15, 0.2) is 12.4 Å². The monoisotopic (exact) mass is 256 g/mol. The second-order valence-electron chi connectivity index (χ2n) is 5.19. The van der Waals surface area contributed by atoms with Crippen molar-refractivity contribution < 1.29 is 14.1 Å². The van der Waals surface area contributed by atoms with Crippen LogP contribution in [0.25, 0.3) is 0 Å². The summed E-state index contributed by atoms with van der Waals surface area (Å²) < 4.78 is 7.10. The summed E-state index contributed by atoms with van der Waals surface area (Å²) in [5, 5.41) is 0.651. The molecule has 3 nitrogen and oxygen atoms in total. The van der Waals surface area contributed by atoms with Crippen molar-refractivity contribution in [3.63, 3.8) is 0 Å². The zero-order valence-corrected chi connectivity index (χ0v) is 11.5. The van der Waals surface area contributed by atoms with Crippen LogP contribution in [-0.2, 0) is 16.1 Å². The van der Waals surface area contributed by atoms with Crippen LogP contribution in [0.4, 0.5) is 0 Å². The number of ether oxygens (including phenoxy) is 1. The maximum atomic E-state index is 11.7. The minimum Gasteiger partial charge on any atom is -0.457 e. The van der Waals surface area contributed by atoms with Crippen LogP contribution < -0.4 is 4.57 Å². The molecule has 94 valence electrons. The SMILES string of the molecule is C[C@@H](OC(=O)C[n+]1ccc(Cl)cc1)C(C)(C)C. The van der Waals surface area contributed by atoms with Crippen molar-refractivity contribution in [1.82, 2.24) is 0 Å². The topological polar surface area (TPSA) is 30.2 Å². The van der Waals surface area contributed by atoms with Gasteiger partial charge in [-0.15, -0.1) is 0 Å². The molecule has 0 radical (unpaired) electrons. The van der Waals surface area contributed by atoms with E-state index < -0.39 is 0 Å². The molecule has 0 fully saturated rings. The quantitative estimate of drug-likeness (QED) is 0.615. The van der Waals surface area contributed by atoms with Crippen molar-refractivity contribution >= 4 is 17.6 Å². The maximum absolute atomic E-state index is 11.7. The molecule has 0 aromatic carbocycles. The number of aromatic nitrogens is 1. The van der Waals surface area contributed by atoms with Gasteiger partial charge >= 0.3 is 5.97 Å². The Bertz CT molecular complexity index is 381. The first-order chi connectivity index (χ1) is 7.79. The van der Waals surface area contributed by atoms with Gasteiger partial charge < -0.3 is 4.74 Å². The highest BCUT2D eigenvalue weighted by Crippen LogP contribution is 2.21. The molecule has 1 atom stereocenters. The number of carbonyl (C=O) groups is 1. The number of nitrogens with zero attached hydrogens (tertiary/aromatic N) is 1. The lowest BCUT2D eigenvalue weighted by molar-refractivity contribution is -0.686. The average Bonchev–Trinajstić information content (AvgIpc) is 2.20. The van der Waals surface area contributed by atoms with Crippen molar-refractivity contribution in [3.8, 4) is 0 Å². The van der Waals surface area contributed by atoms with E-state index in [-0.39, 0.29) is 24.0 Å². The van der Waals surface area contributed by atoms with E-state index in [4.69, 9.17) is 16.3 Å². The fourth-order valence-corrected chi connectivity index (χ4v) is 1.22. The number of rotatable bonds is 3. The smallest absolute Gasteiger partial charge is 0.372 e. The molecule has 1 aromatic heterocycles. The van der Waals surface area contributed by atoms with Gasteiger partial charge in [0.05, 0.1) is 5.02 Å². The fraction of sp³-hybridized carbons (Fsp3) is 0.538. The van der Waals surface area contributed by atoms with E-state index in [1.54, 1.807) is 29.1 Å². The van der Waals surface area contributed by atoms with Gasteiger partial charge in [-0.1, -0.05) is 32.4 Å². The van der Waals surface area contributed by atoms with Crippen molar-refractivity contribution in [1.29, 1.82) is 0 Å². The molecular weight excluding hydrogens is 238 g/mol. The summed E-state index contributed by atoms with van der Waals surface area (Å²) in [7, 11) is 0. The number of hydrogen-bond acceptors (Lipinski definition) is 2. The zero-order chi connectivity index (χ0) is 13.1. The third-order valence-corrected chi connectivity index (χ3v) is 2.94. The molecule has 0 aliphatic rings. The summed E-state index contributed by atoms with van der Waals surface area (Å²) >= 11 is 5.76. The van der Waals surface area contributed by atoms with Crippen molar-refractivity contribution in [2.75, 3.05) is 0 Å². The first-order valence-electron chi connectivity index (χ1n) is 5.63. The molecule has 0 N–H and O–H groups in total. The number of hydrogen-bond donors (Lipinski definition) is 0. The lowest BCUT2D eigenvalue weighted by atomic mass is 9.90. The van der Waals surface area contributed by atoms with Gasteiger partial charge in [0.25, 0.3) is 0 Å². The Labute approximate surface area is 107 Å². The largest absolute Gasteiger partial charge is 0.457 e. The van der Waals surface area contributed by atoms with E-state index >= 15 is 0 Å². The van der Waals surface area contributed by atoms with Crippen molar-refractivity contribution in [3.05, 3.63) is 29.5 Å². The third kappa shape index (κ3) is 4.73. The number of halogens is 1. The van der Waals surface area contributed by atoms with E-state index in [1.807, 2.05) is 27.7 Å². The Balaban J connectivity index is 2.53. The Morgan fingerprint density at radius 2 is 1.94 bits per heavy atom. The Morgan fingerprint density at radius 1 is 1.41 bits per heavy atom. The molecule has 0 saturated carbocycles. The molecule has 0 spiro atoms. The highest BCUT2D eigenvalue weighted by Gasteiger charge is 2.24. The third-order valence-electron chi connectivity index (χ3n) is 2.69. The zero-order valence-electron chi connectivity index (χ0n) is 10.7. The van der Waals surface area contributed by atoms with Crippen LogP contribution in [0.2, 0.25) is 5.02 Å². The predicted octanol–water partition coefficient (Wildman–Crippen LogP) is 2.61. The van der Waals surface area contributed by atoms with Crippen LogP contribution in [0.15, 0.2) is 24.5 Å². The molecule has 0 unspecified atom stereocenters. The first-order valence-corrected chi connectivity index (χ1v) is 6.01. The van der Waals surface area contributed by atoms with Gasteiger partial charge in [0, 0.05) is 12.1 Å². The van der Waals surface area contributed by atoms with Gasteiger partial charge in [-0.3, -0.25) is 0 Å². The normalized spacial score (nSPS) is 13.2. The van der Waals surface area contributed by atoms with Crippen molar-refractivity contribution in [2.24, 2.45) is 5.41 Å². The van der Waals surface area contributed by atoms with Crippen LogP contribution in [0.3, 0.4) is 0 Å². The Morgan fingerprint density at radius 3 is 2.41 bits per heavy atom. The van der Waals surface area contributed by atoms with Gasteiger partial charge in [0.1, 0.15) is 6.10 Å². The van der Waals surface area contributed by atoms with Crippen molar-refractivity contribution in [2.45, 2.75) is 40.3 Å². The predicted molar refractivity (Wildman–Crippen MR) is 66.7 cm³/mol. The summed E-state index contributed by atoms with van der Waals surface area (Å²) in [5.74, 6) is -0.236. The van der Waals surface area contributed by atoms with Crippen LogP contribution in [-0.4, -0.2) is 12.1 Å². The summed E-state index contributed by atoms with van der Waals surface area (Å²) in [6, 6.07) is 3.48. The highest BCUT2D eigenvalue weighted by atomic mass is 35.5. The van der Waals surface area contributed by atoms with Gasteiger partial charge in [0.2, 0.25) is 6.54 Å². The summed E-state index contributed by atoms with van der Waals surface area (Å²) in [5.41, 5.74) is -0.0413. The number of carbonyl (C=O) groups excluding carboxylic acids is 1. The summed E-state index contributed by atoms with van der Waals surface area (Å²) in [6.45, 7) is 8.24. The van der Waals surface area contributed by atoms with E-state index in [0.29, 0.717) is 5.02 Å². The molecule has 0 amide bonds. The molecule has 17 heavy (non-hydrogen) atoms. The van der Waals surface area contributed by atoms with Gasteiger partial charge in [-0.25, -0.2) is 4.79 Å². The van der Waals surface area contributed by atoms with E-state index in [0.717, 1.165) is 0 Å². The van der Waals surface area contributed by atoms with Crippen LogP contribution in [0.1, 0.15) is 27.7 Å². The Kier molecular flexibility index (Phi) is 4.52. The minimum absolute atomic E-state index is 0.0413. The molecular formula is C13H19ClNO2+. The molecule has 0 aliphatic heterocycles. The Hall–Kier alpha value is -1.09. The van der Waals surface area contributed by atoms with E-state index in [9.17, 15) is 4.79 Å². The molecule has 4 heteroatoms. The van der Waals surface area contributed by atoms with Gasteiger partial charge in [-0.2, -0.15) is 4.57 Å². The standard InChI is InChI=1S/C13H19ClNO2/c1-10(13(2,3)4)17-12(16)9-15-7-5-11(14)6-8-15/h5-8,10H,9H2,1-4H3/q+1/t10-/m1/s1. The summed E-state index contributed by atoms with van der Waals surface area (Å²) in [6.07, 6.45) is 3.40. The molecule has 0 saturated heterocycles.